The van der Waals surface area contributed by atoms with Crippen molar-refractivity contribution in [3.8, 4) is 0 Å². The zero-order valence-electron chi connectivity index (χ0n) is 12.3. The molecule has 1 fully saturated rings. The van der Waals surface area contributed by atoms with Gasteiger partial charge in [-0.25, -0.2) is 0 Å². The third-order valence-corrected chi connectivity index (χ3v) is 4.86. The molecule has 0 saturated heterocycles. The molecule has 3 rings (SSSR count). The number of rotatable bonds is 5. The van der Waals surface area contributed by atoms with Crippen LogP contribution in [0, 0.1) is 6.92 Å². The maximum absolute atomic E-state index is 12.3. The van der Waals surface area contributed by atoms with Gasteiger partial charge in [-0.15, -0.1) is 10.2 Å². The molecule has 0 bridgehead atoms. The number of benzene rings is 1. The SMILES string of the molecule is Cc1c(Cl)cccc1NC(=O)[C@@H](C)Sc1nnc(C2CC2)o1. The minimum absolute atomic E-state index is 0.124. The molecule has 0 radical (unpaired) electrons. The van der Waals surface area contributed by atoms with E-state index in [0.29, 0.717) is 27.7 Å². The van der Waals surface area contributed by atoms with Crippen molar-refractivity contribution in [1.82, 2.24) is 10.2 Å². The third-order valence-electron chi connectivity index (χ3n) is 3.52. The zero-order chi connectivity index (χ0) is 15.7. The Bertz CT molecular complexity index is 700. The Balaban J connectivity index is 1.62. The molecule has 116 valence electrons. The molecule has 1 aliphatic rings. The van der Waals surface area contributed by atoms with Crippen LogP contribution in [0.25, 0.3) is 0 Å². The molecule has 1 heterocycles. The second kappa shape index (κ2) is 6.30. The predicted molar refractivity (Wildman–Crippen MR) is 86.4 cm³/mol. The second-order valence-electron chi connectivity index (χ2n) is 5.34. The smallest absolute Gasteiger partial charge is 0.277 e. The van der Waals surface area contributed by atoms with Crippen LogP contribution in [0.3, 0.4) is 0 Å². The normalized spacial score (nSPS) is 15.6. The van der Waals surface area contributed by atoms with Crippen LogP contribution in [-0.4, -0.2) is 21.4 Å². The summed E-state index contributed by atoms with van der Waals surface area (Å²) < 4.78 is 5.56. The molecule has 1 aliphatic carbocycles. The van der Waals surface area contributed by atoms with Gasteiger partial charge >= 0.3 is 0 Å². The minimum Gasteiger partial charge on any atom is -0.416 e. The summed E-state index contributed by atoms with van der Waals surface area (Å²) >= 11 is 7.32. The fraction of sp³-hybridized carbons (Fsp3) is 0.400. The third kappa shape index (κ3) is 3.44. The number of nitrogens with one attached hydrogen (secondary N) is 1. The lowest BCUT2D eigenvalue weighted by molar-refractivity contribution is -0.115. The highest BCUT2D eigenvalue weighted by molar-refractivity contribution is 8.00. The molecule has 1 aromatic heterocycles. The van der Waals surface area contributed by atoms with Crippen LogP contribution in [0.2, 0.25) is 5.02 Å². The Hall–Kier alpha value is -1.53. The van der Waals surface area contributed by atoms with Gasteiger partial charge in [-0.2, -0.15) is 0 Å². The first-order valence-electron chi connectivity index (χ1n) is 7.10. The highest BCUT2D eigenvalue weighted by atomic mass is 35.5. The van der Waals surface area contributed by atoms with E-state index in [1.54, 1.807) is 13.0 Å². The van der Waals surface area contributed by atoms with Gasteiger partial charge < -0.3 is 9.73 Å². The number of hydrogen-bond donors (Lipinski definition) is 1. The molecule has 7 heteroatoms. The highest BCUT2D eigenvalue weighted by Gasteiger charge is 2.30. The number of carbonyl (C=O) groups is 1. The lowest BCUT2D eigenvalue weighted by atomic mass is 10.2. The second-order valence-corrected chi connectivity index (χ2v) is 7.04. The molecule has 1 aromatic carbocycles. The number of nitrogens with zero attached hydrogens (tertiary/aromatic N) is 2. The Morgan fingerprint density at radius 2 is 2.23 bits per heavy atom. The maximum Gasteiger partial charge on any atom is 0.277 e. The van der Waals surface area contributed by atoms with Crippen molar-refractivity contribution in [3.63, 3.8) is 0 Å². The lowest BCUT2D eigenvalue weighted by Gasteiger charge is -2.12. The van der Waals surface area contributed by atoms with Crippen molar-refractivity contribution >= 4 is 35.0 Å². The number of thioether (sulfide) groups is 1. The number of anilines is 1. The lowest BCUT2D eigenvalue weighted by Crippen LogP contribution is -2.22. The summed E-state index contributed by atoms with van der Waals surface area (Å²) in [5, 5.41) is 11.6. The molecular weight excluding hydrogens is 322 g/mol. The Morgan fingerprint density at radius 1 is 1.45 bits per heavy atom. The summed E-state index contributed by atoms with van der Waals surface area (Å²) in [6, 6.07) is 5.43. The van der Waals surface area contributed by atoms with Gasteiger partial charge in [0.2, 0.25) is 11.8 Å². The van der Waals surface area contributed by atoms with E-state index < -0.39 is 0 Å². The Kier molecular flexibility index (Phi) is 4.40. The van der Waals surface area contributed by atoms with Gasteiger partial charge in [-0.3, -0.25) is 4.79 Å². The number of hydrogen-bond acceptors (Lipinski definition) is 5. The summed E-state index contributed by atoms with van der Waals surface area (Å²) in [6.45, 7) is 3.68. The van der Waals surface area contributed by atoms with Gasteiger partial charge in [0.05, 0.1) is 5.25 Å². The van der Waals surface area contributed by atoms with Crippen LogP contribution in [0.1, 0.15) is 37.1 Å². The van der Waals surface area contributed by atoms with Crippen LogP contribution in [0.15, 0.2) is 27.8 Å². The standard InChI is InChI=1S/C15H16ClN3O2S/c1-8-11(16)4-3-5-12(8)17-13(20)9(2)22-15-19-18-14(21-15)10-6-7-10/h3-5,9-10H,6-7H2,1-2H3,(H,17,20)/t9-/m1/s1. The van der Waals surface area contributed by atoms with Gasteiger partial charge in [-0.05, 0) is 44.4 Å². The molecule has 2 aromatic rings. The van der Waals surface area contributed by atoms with Gasteiger partial charge in [0.25, 0.3) is 5.22 Å². The van der Waals surface area contributed by atoms with Crippen molar-refractivity contribution in [1.29, 1.82) is 0 Å². The Morgan fingerprint density at radius 3 is 2.95 bits per heavy atom. The van der Waals surface area contributed by atoms with E-state index in [2.05, 4.69) is 15.5 Å². The first kappa shape index (κ1) is 15.4. The average Bonchev–Trinajstić information content (AvgIpc) is 3.24. The molecule has 0 unspecified atom stereocenters. The topological polar surface area (TPSA) is 68.0 Å². The van der Waals surface area contributed by atoms with Gasteiger partial charge in [-0.1, -0.05) is 29.4 Å². The fourth-order valence-corrected chi connectivity index (χ4v) is 2.81. The van der Waals surface area contributed by atoms with Crippen molar-refractivity contribution < 1.29 is 9.21 Å². The summed E-state index contributed by atoms with van der Waals surface area (Å²) in [7, 11) is 0. The number of amides is 1. The van der Waals surface area contributed by atoms with Gasteiger partial charge in [0, 0.05) is 16.6 Å². The summed E-state index contributed by atoms with van der Waals surface area (Å²) in [4.78, 5) is 12.3. The van der Waals surface area contributed by atoms with E-state index in [1.165, 1.54) is 11.8 Å². The van der Waals surface area contributed by atoms with Gasteiger partial charge in [0.1, 0.15) is 0 Å². The van der Waals surface area contributed by atoms with E-state index in [1.807, 2.05) is 19.1 Å². The van der Waals surface area contributed by atoms with E-state index in [9.17, 15) is 4.79 Å². The molecule has 1 saturated carbocycles. The first-order chi connectivity index (χ1) is 10.5. The monoisotopic (exact) mass is 337 g/mol. The predicted octanol–water partition coefficient (Wildman–Crippen LogP) is 4.03. The molecular formula is C15H16ClN3O2S. The molecule has 5 nitrogen and oxygen atoms in total. The van der Waals surface area contributed by atoms with E-state index in [-0.39, 0.29) is 11.2 Å². The Labute approximate surface area is 137 Å². The van der Waals surface area contributed by atoms with Crippen LogP contribution in [0.5, 0.6) is 0 Å². The van der Waals surface area contributed by atoms with E-state index in [4.69, 9.17) is 16.0 Å². The highest BCUT2D eigenvalue weighted by Crippen LogP contribution is 2.40. The number of carbonyl (C=O) groups excluding carboxylic acids is 1. The van der Waals surface area contributed by atoms with Gasteiger partial charge in [0.15, 0.2) is 0 Å². The van der Waals surface area contributed by atoms with Crippen molar-refractivity contribution in [2.45, 2.75) is 43.1 Å². The molecule has 0 spiro atoms. The molecule has 1 atom stereocenters. The van der Waals surface area contributed by atoms with Crippen LogP contribution in [-0.2, 0) is 4.79 Å². The van der Waals surface area contributed by atoms with Crippen molar-refractivity contribution in [2.24, 2.45) is 0 Å². The quantitative estimate of drug-likeness (QED) is 0.834. The summed E-state index contributed by atoms with van der Waals surface area (Å²) in [6.07, 6.45) is 2.22. The minimum atomic E-state index is -0.342. The molecule has 0 aliphatic heterocycles. The van der Waals surface area contributed by atoms with Crippen LogP contribution >= 0.6 is 23.4 Å². The average molecular weight is 338 g/mol. The van der Waals surface area contributed by atoms with Crippen LogP contribution in [0.4, 0.5) is 5.69 Å². The first-order valence-corrected chi connectivity index (χ1v) is 8.36. The largest absolute Gasteiger partial charge is 0.416 e. The summed E-state index contributed by atoms with van der Waals surface area (Å²) in [5.74, 6) is 0.974. The van der Waals surface area contributed by atoms with Crippen molar-refractivity contribution in [2.75, 3.05) is 5.32 Å². The van der Waals surface area contributed by atoms with E-state index >= 15 is 0 Å². The molecule has 22 heavy (non-hydrogen) atoms. The van der Waals surface area contributed by atoms with Crippen LogP contribution < -0.4 is 5.32 Å². The maximum atomic E-state index is 12.3. The van der Waals surface area contributed by atoms with Crippen molar-refractivity contribution in [3.05, 3.63) is 34.7 Å². The fourth-order valence-electron chi connectivity index (χ4n) is 1.95. The molecule has 1 amide bonds. The number of aromatic nitrogens is 2. The molecule has 1 N–H and O–H groups in total. The van der Waals surface area contributed by atoms with E-state index in [0.717, 1.165) is 18.4 Å². The number of halogens is 1. The summed E-state index contributed by atoms with van der Waals surface area (Å²) in [5.41, 5.74) is 1.57. The zero-order valence-corrected chi connectivity index (χ0v) is 13.9.